The third kappa shape index (κ3) is 3.67. The first-order valence-corrected chi connectivity index (χ1v) is 10.1. The van der Waals surface area contributed by atoms with Crippen LogP contribution >= 0.6 is 0 Å². The summed E-state index contributed by atoms with van der Waals surface area (Å²) in [5.41, 5.74) is 5.88. The molecular formula is C24H25N5. The van der Waals surface area contributed by atoms with Crippen molar-refractivity contribution in [1.82, 2.24) is 24.2 Å². The van der Waals surface area contributed by atoms with Gasteiger partial charge in [0.05, 0.1) is 29.3 Å². The van der Waals surface area contributed by atoms with Crippen LogP contribution in [0.15, 0.2) is 79.4 Å². The summed E-state index contributed by atoms with van der Waals surface area (Å²) in [7, 11) is 2.20. The second-order valence-corrected chi connectivity index (χ2v) is 7.76. The van der Waals surface area contributed by atoms with Crippen LogP contribution in [0.3, 0.4) is 0 Å². The number of aromatic nitrogens is 3. The standard InChI is InChI=1S/C24H25N5/c1-27-13-14-28(16-21-9-5-6-12-25-21)17-23(27)24-22-11-10-20(15-29(22)18-26-24)19-7-3-2-4-8-19/h2-12,15,18,23H,13-14,16-17H2,1H3. The fraction of sp³-hybridized carbons (Fsp3) is 0.250. The molecule has 0 bridgehead atoms. The van der Waals surface area contributed by atoms with E-state index in [4.69, 9.17) is 4.98 Å². The van der Waals surface area contributed by atoms with Gasteiger partial charge in [-0.05, 0) is 36.4 Å². The second-order valence-electron chi connectivity index (χ2n) is 7.76. The van der Waals surface area contributed by atoms with Gasteiger partial charge in [-0.25, -0.2) is 4.98 Å². The van der Waals surface area contributed by atoms with Gasteiger partial charge in [-0.1, -0.05) is 42.5 Å². The summed E-state index contributed by atoms with van der Waals surface area (Å²) in [4.78, 5) is 14.2. The predicted molar refractivity (Wildman–Crippen MR) is 116 cm³/mol. The number of benzene rings is 1. The monoisotopic (exact) mass is 383 g/mol. The van der Waals surface area contributed by atoms with E-state index in [9.17, 15) is 0 Å². The normalized spacial score (nSPS) is 18.3. The van der Waals surface area contributed by atoms with Crippen LogP contribution in [-0.4, -0.2) is 50.9 Å². The topological polar surface area (TPSA) is 36.7 Å². The summed E-state index contributed by atoms with van der Waals surface area (Å²) in [5, 5.41) is 0. The molecule has 4 heterocycles. The SMILES string of the molecule is CN1CCN(Cc2ccccn2)CC1c1ncn2cc(-c3ccccc3)ccc12. The Labute approximate surface area is 171 Å². The molecule has 29 heavy (non-hydrogen) atoms. The molecule has 146 valence electrons. The zero-order valence-corrected chi connectivity index (χ0v) is 16.6. The van der Waals surface area contributed by atoms with E-state index in [1.165, 1.54) is 16.6 Å². The van der Waals surface area contributed by atoms with Crippen molar-refractivity contribution in [1.29, 1.82) is 0 Å². The molecule has 3 aromatic heterocycles. The fourth-order valence-corrected chi connectivity index (χ4v) is 4.17. The number of nitrogens with zero attached hydrogens (tertiary/aromatic N) is 5. The molecule has 5 rings (SSSR count). The molecule has 0 amide bonds. The summed E-state index contributed by atoms with van der Waals surface area (Å²) in [6, 6.07) is 21.3. The summed E-state index contributed by atoms with van der Waals surface area (Å²) in [6.45, 7) is 3.92. The summed E-state index contributed by atoms with van der Waals surface area (Å²) in [6.07, 6.45) is 5.99. The van der Waals surface area contributed by atoms with Gasteiger partial charge >= 0.3 is 0 Å². The number of fused-ring (bicyclic) bond motifs is 1. The van der Waals surface area contributed by atoms with Crippen LogP contribution in [0.1, 0.15) is 17.4 Å². The minimum atomic E-state index is 0.278. The van der Waals surface area contributed by atoms with Gasteiger partial charge in [0, 0.05) is 38.6 Å². The van der Waals surface area contributed by atoms with Gasteiger partial charge in [0.25, 0.3) is 0 Å². The van der Waals surface area contributed by atoms with Crippen molar-refractivity contribution in [2.24, 2.45) is 0 Å². The molecule has 5 nitrogen and oxygen atoms in total. The first kappa shape index (κ1) is 18.0. The van der Waals surface area contributed by atoms with Crippen LogP contribution in [0.2, 0.25) is 0 Å². The molecule has 1 saturated heterocycles. The molecule has 0 aliphatic carbocycles. The zero-order valence-electron chi connectivity index (χ0n) is 16.6. The lowest BCUT2D eigenvalue weighted by atomic mass is 10.1. The molecule has 1 aliphatic heterocycles. The van der Waals surface area contributed by atoms with Crippen LogP contribution in [0, 0.1) is 0 Å². The van der Waals surface area contributed by atoms with Crippen molar-refractivity contribution < 1.29 is 0 Å². The van der Waals surface area contributed by atoms with E-state index in [-0.39, 0.29) is 6.04 Å². The van der Waals surface area contributed by atoms with Crippen molar-refractivity contribution in [3.8, 4) is 11.1 Å². The summed E-state index contributed by atoms with van der Waals surface area (Å²) < 4.78 is 2.16. The molecular weight excluding hydrogens is 358 g/mol. The number of rotatable bonds is 4. The minimum Gasteiger partial charge on any atom is -0.305 e. The van der Waals surface area contributed by atoms with E-state index in [0.717, 1.165) is 37.6 Å². The molecule has 1 aliphatic rings. The fourth-order valence-electron chi connectivity index (χ4n) is 4.17. The van der Waals surface area contributed by atoms with Crippen LogP contribution < -0.4 is 0 Å². The van der Waals surface area contributed by atoms with Gasteiger partial charge in [-0.15, -0.1) is 0 Å². The Morgan fingerprint density at radius 2 is 1.76 bits per heavy atom. The lowest BCUT2D eigenvalue weighted by Crippen LogP contribution is -2.46. The third-order valence-corrected chi connectivity index (χ3v) is 5.83. The maximum absolute atomic E-state index is 4.82. The van der Waals surface area contributed by atoms with Crippen molar-refractivity contribution in [3.05, 3.63) is 90.8 Å². The zero-order chi connectivity index (χ0) is 19.6. The van der Waals surface area contributed by atoms with Gasteiger partial charge in [0.15, 0.2) is 0 Å². The molecule has 0 saturated carbocycles. The van der Waals surface area contributed by atoms with Gasteiger partial charge in [0.1, 0.15) is 0 Å². The quantitative estimate of drug-likeness (QED) is 0.536. The average molecular weight is 383 g/mol. The van der Waals surface area contributed by atoms with Crippen molar-refractivity contribution in [2.75, 3.05) is 26.7 Å². The maximum Gasteiger partial charge on any atom is 0.0996 e. The van der Waals surface area contributed by atoms with Crippen molar-refractivity contribution in [2.45, 2.75) is 12.6 Å². The molecule has 0 radical (unpaired) electrons. The smallest absolute Gasteiger partial charge is 0.0996 e. The second kappa shape index (κ2) is 7.78. The Morgan fingerprint density at radius 1 is 0.897 bits per heavy atom. The third-order valence-electron chi connectivity index (χ3n) is 5.83. The minimum absolute atomic E-state index is 0.278. The van der Waals surface area contributed by atoms with Gasteiger partial charge in [0.2, 0.25) is 0 Å². The highest BCUT2D eigenvalue weighted by molar-refractivity contribution is 5.66. The highest BCUT2D eigenvalue weighted by atomic mass is 15.3. The first-order valence-electron chi connectivity index (χ1n) is 10.1. The van der Waals surface area contributed by atoms with Gasteiger partial charge in [-0.2, -0.15) is 0 Å². The Kier molecular flexibility index (Phi) is 4.84. The Hall–Kier alpha value is -3.02. The Morgan fingerprint density at radius 3 is 2.59 bits per heavy atom. The molecule has 4 aromatic rings. The lowest BCUT2D eigenvalue weighted by molar-refractivity contribution is 0.0883. The van der Waals surface area contributed by atoms with Gasteiger partial charge < -0.3 is 4.40 Å². The number of hydrogen-bond acceptors (Lipinski definition) is 4. The summed E-state index contributed by atoms with van der Waals surface area (Å²) in [5.74, 6) is 0. The molecule has 0 N–H and O–H groups in total. The summed E-state index contributed by atoms with van der Waals surface area (Å²) >= 11 is 0. The number of hydrogen-bond donors (Lipinski definition) is 0. The molecule has 1 fully saturated rings. The Balaban J connectivity index is 1.41. The highest BCUT2D eigenvalue weighted by Crippen LogP contribution is 2.28. The number of pyridine rings is 2. The van der Waals surface area contributed by atoms with Crippen LogP contribution in [0.5, 0.6) is 0 Å². The van der Waals surface area contributed by atoms with Crippen LogP contribution in [-0.2, 0) is 6.54 Å². The van der Waals surface area contributed by atoms with E-state index in [1.54, 1.807) is 0 Å². The van der Waals surface area contributed by atoms with Crippen molar-refractivity contribution >= 4 is 5.52 Å². The largest absolute Gasteiger partial charge is 0.305 e. The van der Waals surface area contributed by atoms with Crippen LogP contribution in [0.25, 0.3) is 16.6 Å². The maximum atomic E-state index is 4.82. The van der Waals surface area contributed by atoms with E-state index in [2.05, 4.69) is 81.0 Å². The van der Waals surface area contributed by atoms with E-state index < -0.39 is 0 Å². The van der Waals surface area contributed by atoms with E-state index in [0.29, 0.717) is 0 Å². The predicted octanol–water partition coefficient (Wildman–Crippen LogP) is 3.89. The number of imidazole rings is 1. The van der Waals surface area contributed by atoms with E-state index >= 15 is 0 Å². The molecule has 0 spiro atoms. The molecule has 5 heteroatoms. The number of likely N-dealkylation sites (N-methyl/N-ethyl adjacent to an activating group) is 1. The highest BCUT2D eigenvalue weighted by Gasteiger charge is 2.28. The Bertz CT molecular complexity index is 1090. The number of piperazine rings is 1. The molecule has 1 unspecified atom stereocenters. The first-order chi connectivity index (χ1) is 14.3. The van der Waals surface area contributed by atoms with Gasteiger partial charge in [-0.3, -0.25) is 14.8 Å². The molecule has 1 aromatic carbocycles. The molecule has 1 atom stereocenters. The lowest BCUT2D eigenvalue weighted by Gasteiger charge is -2.38. The van der Waals surface area contributed by atoms with Crippen molar-refractivity contribution in [3.63, 3.8) is 0 Å². The van der Waals surface area contributed by atoms with E-state index in [1.807, 2.05) is 24.7 Å². The average Bonchev–Trinajstić information content (AvgIpc) is 3.19. The van der Waals surface area contributed by atoms with Crippen LogP contribution in [0.4, 0.5) is 0 Å².